The molecule has 9 nitrogen and oxygen atoms in total. The molecule has 2 amide bonds. The van der Waals surface area contributed by atoms with Crippen LogP contribution in [0.3, 0.4) is 0 Å². The van der Waals surface area contributed by atoms with Gasteiger partial charge in [-0.15, -0.1) is 0 Å². The molecule has 0 saturated heterocycles. The highest BCUT2D eigenvalue weighted by Gasteiger charge is 2.19. The van der Waals surface area contributed by atoms with E-state index in [4.69, 9.17) is 16.3 Å². The quantitative estimate of drug-likeness (QED) is 0.626. The fourth-order valence-electron chi connectivity index (χ4n) is 2.49. The zero-order valence-corrected chi connectivity index (χ0v) is 16.1. The Labute approximate surface area is 166 Å². The third-order valence-electron chi connectivity index (χ3n) is 3.82. The maximum Gasteiger partial charge on any atom is 0.271 e. The standard InChI is InChI=1S/C18H19ClN6O3/c1-24-10-12(8-21-24)7-20-18(27)17-15(9-22-25(17)2)23-16(26)11-28-14-5-3-13(19)4-6-14/h3-6,8-10H,7,11H2,1-2H3,(H,20,27)(H,23,26). The molecule has 0 aliphatic heterocycles. The fraction of sp³-hybridized carbons (Fsp3) is 0.222. The van der Waals surface area contributed by atoms with Crippen LogP contribution in [-0.2, 0) is 25.4 Å². The lowest BCUT2D eigenvalue weighted by molar-refractivity contribution is -0.118. The molecule has 1 aromatic carbocycles. The Balaban J connectivity index is 1.59. The van der Waals surface area contributed by atoms with E-state index in [-0.39, 0.29) is 18.2 Å². The lowest BCUT2D eigenvalue weighted by atomic mass is 10.3. The van der Waals surface area contributed by atoms with Gasteiger partial charge < -0.3 is 15.4 Å². The monoisotopic (exact) mass is 402 g/mol. The molecule has 2 heterocycles. The Hall–Kier alpha value is -3.33. The average molecular weight is 403 g/mol. The van der Waals surface area contributed by atoms with E-state index < -0.39 is 5.91 Å². The lowest BCUT2D eigenvalue weighted by Crippen LogP contribution is -2.27. The highest BCUT2D eigenvalue weighted by atomic mass is 35.5. The number of benzene rings is 1. The molecule has 0 bridgehead atoms. The highest BCUT2D eigenvalue weighted by molar-refractivity contribution is 6.30. The first kappa shape index (κ1) is 19.4. The van der Waals surface area contributed by atoms with E-state index >= 15 is 0 Å². The Morgan fingerprint density at radius 1 is 1.14 bits per heavy atom. The van der Waals surface area contributed by atoms with E-state index in [0.717, 1.165) is 5.56 Å². The first-order chi connectivity index (χ1) is 13.4. The van der Waals surface area contributed by atoms with Crippen LogP contribution < -0.4 is 15.4 Å². The summed E-state index contributed by atoms with van der Waals surface area (Å²) in [5, 5.41) is 14.1. The van der Waals surface area contributed by atoms with Gasteiger partial charge in [0.05, 0.1) is 18.1 Å². The minimum atomic E-state index is -0.413. The first-order valence-corrected chi connectivity index (χ1v) is 8.76. The van der Waals surface area contributed by atoms with Crippen LogP contribution in [0, 0.1) is 0 Å². The van der Waals surface area contributed by atoms with Crippen LogP contribution in [0.15, 0.2) is 42.9 Å². The summed E-state index contributed by atoms with van der Waals surface area (Å²) in [7, 11) is 3.42. The predicted octanol–water partition coefficient (Wildman–Crippen LogP) is 1.75. The van der Waals surface area contributed by atoms with Gasteiger partial charge in [-0.1, -0.05) is 11.6 Å². The average Bonchev–Trinajstić information content (AvgIpc) is 3.25. The number of aromatic nitrogens is 4. The number of hydrogen-bond donors (Lipinski definition) is 2. The lowest BCUT2D eigenvalue weighted by Gasteiger charge is -2.09. The normalized spacial score (nSPS) is 10.5. The number of amides is 2. The largest absolute Gasteiger partial charge is 0.484 e. The van der Waals surface area contributed by atoms with Gasteiger partial charge in [-0.05, 0) is 24.3 Å². The number of rotatable bonds is 7. The third-order valence-corrected chi connectivity index (χ3v) is 4.07. The molecule has 0 unspecified atom stereocenters. The number of halogens is 1. The first-order valence-electron chi connectivity index (χ1n) is 8.38. The van der Waals surface area contributed by atoms with Crippen molar-refractivity contribution in [3.05, 3.63) is 59.1 Å². The zero-order valence-electron chi connectivity index (χ0n) is 15.3. The summed E-state index contributed by atoms with van der Waals surface area (Å²) in [5.74, 6) is -0.262. The number of nitrogens with one attached hydrogen (secondary N) is 2. The highest BCUT2D eigenvalue weighted by Crippen LogP contribution is 2.17. The molecule has 146 valence electrons. The molecule has 28 heavy (non-hydrogen) atoms. The van der Waals surface area contributed by atoms with E-state index in [9.17, 15) is 9.59 Å². The van der Waals surface area contributed by atoms with E-state index in [1.165, 1.54) is 10.9 Å². The van der Waals surface area contributed by atoms with Crippen molar-refractivity contribution in [2.45, 2.75) is 6.54 Å². The van der Waals surface area contributed by atoms with E-state index in [2.05, 4.69) is 20.8 Å². The van der Waals surface area contributed by atoms with Crippen molar-refractivity contribution >= 4 is 29.1 Å². The van der Waals surface area contributed by atoms with Crippen LogP contribution in [0.2, 0.25) is 5.02 Å². The number of aryl methyl sites for hydroxylation is 2. The number of anilines is 1. The van der Waals surface area contributed by atoms with Gasteiger partial charge in [0.25, 0.3) is 11.8 Å². The Morgan fingerprint density at radius 2 is 1.89 bits per heavy atom. The number of carbonyl (C=O) groups excluding carboxylic acids is 2. The maximum atomic E-state index is 12.5. The Morgan fingerprint density at radius 3 is 2.57 bits per heavy atom. The third kappa shape index (κ3) is 4.89. The maximum absolute atomic E-state index is 12.5. The zero-order chi connectivity index (χ0) is 20.1. The van der Waals surface area contributed by atoms with Gasteiger partial charge in [-0.25, -0.2) is 0 Å². The molecule has 0 saturated carbocycles. The molecule has 0 aliphatic rings. The van der Waals surface area contributed by atoms with Crippen LogP contribution in [0.5, 0.6) is 5.75 Å². The van der Waals surface area contributed by atoms with Crippen molar-refractivity contribution in [3.63, 3.8) is 0 Å². The van der Waals surface area contributed by atoms with Gasteiger partial charge in [-0.3, -0.25) is 19.0 Å². The van der Waals surface area contributed by atoms with Gasteiger partial charge in [0.1, 0.15) is 11.4 Å². The SMILES string of the molecule is Cn1cc(CNC(=O)c2c(NC(=O)COc3ccc(Cl)cc3)cnn2C)cn1. The van der Waals surface area contributed by atoms with E-state index in [1.807, 2.05) is 0 Å². The molecule has 0 fully saturated rings. The molecule has 3 aromatic rings. The second-order valence-electron chi connectivity index (χ2n) is 6.03. The van der Waals surface area contributed by atoms with Gasteiger partial charge in [-0.2, -0.15) is 10.2 Å². The van der Waals surface area contributed by atoms with Crippen LogP contribution >= 0.6 is 11.6 Å². The van der Waals surface area contributed by atoms with Crippen molar-refractivity contribution in [1.82, 2.24) is 24.9 Å². The molecule has 0 radical (unpaired) electrons. The van der Waals surface area contributed by atoms with Crippen molar-refractivity contribution in [3.8, 4) is 5.75 Å². The summed E-state index contributed by atoms with van der Waals surface area (Å²) in [5.41, 5.74) is 1.40. The molecular weight excluding hydrogens is 384 g/mol. The topological polar surface area (TPSA) is 103 Å². The second-order valence-corrected chi connectivity index (χ2v) is 6.46. The summed E-state index contributed by atoms with van der Waals surface area (Å²) >= 11 is 5.81. The van der Waals surface area contributed by atoms with E-state index in [0.29, 0.717) is 23.0 Å². The summed E-state index contributed by atoms with van der Waals surface area (Å²) in [6.45, 7) is 0.0954. The minimum absolute atomic E-state index is 0.215. The molecule has 0 aliphatic carbocycles. The molecular formula is C18H19ClN6O3. The Bertz CT molecular complexity index is 980. The summed E-state index contributed by atoms with van der Waals surface area (Å²) < 4.78 is 8.45. The van der Waals surface area contributed by atoms with Crippen molar-refractivity contribution in [1.29, 1.82) is 0 Å². The second kappa shape index (κ2) is 8.57. The van der Waals surface area contributed by atoms with Crippen LogP contribution in [0.25, 0.3) is 0 Å². The van der Waals surface area contributed by atoms with Crippen molar-refractivity contribution < 1.29 is 14.3 Å². The Kier molecular flexibility index (Phi) is 5.95. The van der Waals surface area contributed by atoms with E-state index in [1.54, 1.807) is 55.4 Å². The van der Waals surface area contributed by atoms with Crippen LogP contribution in [0.4, 0.5) is 5.69 Å². The number of nitrogens with zero attached hydrogens (tertiary/aromatic N) is 4. The molecule has 3 rings (SSSR count). The number of carbonyl (C=O) groups is 2. The van der Waals surface area contributed by atoms with Gasteiger partial charge in [0.2, 0.25) is 0 Å². The van der Waals surface area contributed by atoms with Gasteiger partial charge in [0.15, 0.2) is 6.61 Å². The molecule has 0 atom stereocenters. The van der Waals surface area contributed by atoms with Crippen molar-refractivity contribution in [2.75, 3.05) is 11.9 Å². The number of hydrogen-bond acceptors (Lipinski definition) is 5. The van der Waals surface area contributed by atoms with Crippen LogP contribution in [0.1, 0.15) is 16.1 Å². The fourth-order valence-corrected chi connectivity index (χ4v) is 2.62. The molecule has 2 aromatic heterocycles. The molecule has 0 spiro atoms. The van der Waals surface area contributed by atoms with Gasteiger partial charge >= 0.3 is 0 Å². The minimum Gasteiger partial charge on any atom is -0.484 e. The molecule has 10 heteroatoms. The smallest absolute Gasteiger partial charge is 0.271 e. The number of ether oxygens (including phenoxy) is 1. The van der Waals surface area contributed by atoms with Gasteiger partial charge in [0, 0.05) is 37.4 Å². The summed E-state index contributed by atoms with van der Waals surface area (Å²) in [4.78, 5) is 24.7. The summed E-state index contributed by atoms with van der Waals surface area (Å²) in [6.07, 6.45) is 4.89. The molecule has 2 N–H and O–H groups in total. The van der Waals surface area contributed by atoms with Crippen molar-refractivity contribution in [2.24, 2.45) is 14.1 Å². The summed E-state index contributed by atoms with van der Waals surface area (Å²) in [6, 6.07) is 6.66. The van der Waals surface area contributed by atoms with Crippen LogP contribution in [-0.4, -0.2) is 38.0 Å². The predicted molar refractivity (Wildman–Crippen MR) is 103 cm³/mol.